The number of aryl methyl sites for hydroxylation is 2. The van der Waals surface area contributed by atoms with Gasteiger partial charge in [0.15, 0.2) is 6.10 Å². The van der Waals surface area contributed by atoms with E-state index in [-0.39, 0.29) is 5.91 Å². The Balaban J connectivity index is 1.77. The molecule has 2 rings (SSSR count). The van der Waals surface area contributed by atoms with Crippen molar-refractivity contribution in [2.45, 2.75) is 59.0 Å². The van der Waals surface area contributed by atoms with E-state index in [1.54, 1.807) is 6.92 Å². The first-order chi connectivity index (χ1) is 10.5. The fraction of sp³-hybridized carbons (Fsp3) is 0.526. The second kappa shape index (κ2) is 8.02. The van der Waals surface area contributed by atoms with Crippen LogP contribution in [0.3, 0.4) is 0 Å². The molecule has 0 unspecified atom stereocenters. The van der Waals surface area contributed by atoms with E-state index in [0.717, 1.165) is 23.3 Å². The molecule has 3 heteroatoms. The predicted octanol–water partition coefficient (Wildman–Crippen LogP) is 4.08. The van der Waals surface area contributed by atoms with Gasteiger partial charge >= 0.3 is 0 Å². The summed E-state index contributed by atoms with van der Waals surface area (Å²) in [5.74, 6) is 0.714. The molecule has 0 fully saturated rings. The minimum absolute atomic E-state index is 0.0458. The van der Waals surface area contributed by atoms with Crippen LogP contribution in [0.4, 0.5) is 0 Å². The van der Waals surface area contributed by atoms with Crippen LogP contribution in [0.2, 0.25) is 0 Å². The highest BCUT2D eigenvalue weighted by atomic mass is 16.5. The Labute approximate surface area is 133 Å². The Bertz CT molecular complexity index is 528. The molecule has 1 aliphatic rings. The first-order valence-electron chi connectivity index (χ1n) is 8.25. The third-order valence-corrected chi connectivity index (χ3v) is 4.01. The number of allylic oxidation sites excluding steroid dienone is 1. The molecule has 0 radical (unpaired) electrons. The highest BCUT2D eigenvalue weighted by Gasteiger charge is 2.14. The predicted molar refractivity (Wildman–Crippen MR) is 90.2 cm³/mol. The maximum atomic E-state index is 12.1. The zero-order valence-electron chi connectivity index (χ0n) is 13.9. The molecule has 0 heterocycles. The van der Waals surface area contributed by atoms with E-state index in [1.807, 2.05) is 26.0 Å². The molecule has 22 heavy (non-hydrogen) atoms. The van der Waals surface area contributed by atoms with Crippen LogP contribution in [0.1, 0.15) is 50.2 Å². The van der Waals surface area contributed by atoms with Gasteiger partial charge in [0.05, 0.1) is 0 Å². The number of hydrogen-bond donors (Lipinski definition) is 1. The van der Waals surface area contributed by atoms with Crippen LogP contribution in [-0.4, -0.2) is 18.6 Å². The lowest BCUT2D eigenvalue weighted by Gasteiger charge is -2.17. The number of hydrogen-bond acceptors (Lipinski definition) is 2. The molecule has 120 valence electrons. The Hall–Kier alpha value is -1.77. The van der Waals surface area contributed by atoms with Crippen molar-refractivity contribution < 1.29 is 9.53 Å². The van der Waals surface area contributed by atoms with Gasteiger partial charge in [-0.3, -0.25) is 4.79 Å². The molecular formula is C19H27NO2. The van der Waals surface area contributed by atoms with E-state index in [4.69, 9.17) is 4.74 Å². The monoisotopic (exact) mass is 301 g/mol. The molecular weight excluding hydrogens is 274 g/mol. The van der Waals surface area contributed by atoms with E-state index >= 15 is 0 Å². The lowest BCUT2D eigenvalue weighted by molar-refractivity contribution is -0.127. The van der Waals surface area contributed by atoms with Gasteiger partial charge in [-0.1, -0.05) is 17.7 Å². The zero-order chi connectivity index (χ0) is 15.9. The molecule has 0 aromatic heterocycles. The molecule has 3 nitrogen and oxygen atoms in total. The van der Waals surface area contributed by atoms with Gasteiger partial charge in [-0.05, 0) is 76.1 Å². The second-order valence-electron chi connectivity index (χ2n) is 6.23. The van der Waals surface area contributed by atoms with Crippen molar-refractivity contribution in [1.29, 1.82) is 0 Å². The number of amides is 1. The van der Waals surface area contributed by atoms with Crippen LogP contribution < -0.4 is 10.1 Å². The van der Waals surface area contributed by atoms with Crippen molar-refractivity contribution in [3.8, 4) is 5.75 Å². The van der Waals surface area contributed by atoms with Gasteiger partial charge in [0.2, 0.25) is 0 Å². The molecule has 0 aliphatic heterocycles. The van der Waals surface area contributed by atoms with Gasteiger partial charge in [0.1, 0.15) is 5.75 Å². The normalized spacial score (nSPS) is 15.9. The van der Waals surface area contributed by atoms with Crippen LogP contribution in [0.5, 0.6) is 5.75 Å². The van der Waals surface area contributed by atoms with Gasteiger partial charge in [0, 0.05) is 6.54 Å². The van der Waals surface area contributed by atoms with Gasteiger partial charge < -0.3 is 10.1 Å². The topological polar surface area (TPSA) is 38.3 Å². The average Bonchev–Trinajstić information content (AvgIpc) is 2.47. The summed E-state index contributed by atoms with van der Waals surface area (Å²) >= 11 is 0. The summed E-state index contributed by atoms with van der Waals surface area (Å²) in [6, 6.07) is 6.02. The van der Waals surface area contributed by atoms with Crippen LogP contribution in [0.25, 0.3) is 0 Å². The van der Waals surface area contributed by atoms with E-state index in [2.05, 4.69) is 17.5 Å². The highest BCUT2D eigenvalue weighted by molar-refractivity contribution is 5.80. The number of nitrogens with one attached hydrogen (secondary N) is 1. The van der Waals surface area contributed by atoms with E-state index < -0.39 is 6.10 Å². The number of ether oxygens (including phenoxy) is 1. The fourth-order valence-corrected chi connectivity index (χ4v) is 2.88. The maximum absolute atomic E-state index is 12.1. The summed E-state index contributed by atoms with van der Waals surface area (Å²) in [4.78, 5) is 12.1. The third kappa shape index (κ3) is 5.21. The Kier molecular flexibility index (Phi) is 6.05. The molecule has 0 saturated carbocycles. The summed E-state index contributed by atoms with van der Waals surface area (Å²) in [6.45, 7) is 6.56. The fourth-order valence-electron chi connectivity index (χ4n) is 2.88. The summed E-state index contributed by atoms with van der Waals surface area (Å²) in [7, 11) is 0. The highest BCUT2D eigenvalue weighted by Crippen LogP contribution is 2.20. The number of carbonyl (C=O) groups excluding carboxylic acids is 1. The molecule has 1 amide bonds. The van der Waals surface area contributed by atoms with Crippen molar-refractivity contribution in [1.82, 2.24) is 5.32 Å². The van der Waals surface area contributed by atoms with Crippen molar-refractivity contribution in [2.75, 3.05) is 6.54 Å². The molecule has 1 aliphatic carbocycles. The Morgan fingerprint density at radius 3 is 2.59 bits per heavy atom. The van der Waals surface area contributed by atoms with Gasteiger partial charge in [-0.25, -0.2) is 0 Å². The van der Waals surface area contributed by atoms with Crippen LogP contribution in [0, 0.1) is 13.8 Å². The SMILES string of the molecule is Cc1cc(C)cc(O[C@H](C)C(=O)NCCC2=CCCCC2)c1. The quantitative estimate of drug-likeness (QED) is 0.804. The molecule has 1 N–H and O–H groups in total. The van der Waals surface area contributed by atoms with Gasteiger partial charge in [-0.15, -0.1) is 0 Å². The Morgan fingerprint density at radius 1 is 1.23 bits per heavy atom. The lowest BCUT2D eigenvalue weighted by atomic mass is 9.97. The molecule has 0 bridgehead atoms. The number of carbonyl (C=O) groups is 1. The van der Waals surface area contributed by atoms with E-state index in [0.29, 0.717) is 6.54 Å². The largest absolute Gasteiger partial charge is 0.481 e. The first kappa shape index (κ1) is 16.6. The maximum Gasteiger partial charge on any atom is 0.260 e. The number of benzene rings is 1. The zero-order valence-corrected chi connectivity index (χ0v) is 13.9. The summed E-state index contributed by atoms with van der Waals surface area (Å²) in [5, 5.41) is 2.97. The first-order valence-corrected chi connectivity index (χ1v) is 8.25. The van der Waals surface area contributed by atoms with E-state index in [9.17, 15) is 4.79 Å². The average molecular weight is 301 g/mol. The van der Waals surface area contributed by atoms with Crippen molar-refractivity contribution in [3.05, 3.63) is 41.0 Å². The standard InChI is InChI=1S/C19H27NO2/c1-14-11-15(2)13-18(12-14)22-16(3)19(21)20-10-9-17-7-5-4-6-8-17/h7,11-13,16H,4-6,8-10H2,1-3H3,(H,20,21)/t16-/m1/s1. The van der Waals surface area contributed by atoms with Crippen LogP contribution in [0.15, 0.2) is 29.8 Å². The third-order valence-electron chi connectivity index (χ3n) is 4.01. The summed E-state index contributed by atoms with van der Waals surface area (Å²) < 4.78 is 5.75. The number of rotatable bonds is 6. The molecule has 1 aromatic rings. The molecule has 0 saturated heterocycles. The minimum atomic E-state index is -0.471. The van der Waals surface area contributed by atoms with Gasteiger partial charge in [0.25, 0.3) is 5.91 Å². The molecule has 1 aromatic carbocycles. The van der Waals surface area contributed by atoms with Crippen molar-refractivity contribution >= 4 is 5.91 Å². The van der Waals surface area contributed by atoms with Crippen LogP contribution >= 0.6 is 0 Å². The van der Waals surface area contributed by atoms with Gasteiger partial charge in [-0.2, -0.15) is 0 Å². The minimum Gasteiger partial charge on any atom is -0.481 e. The molecule has 1 atom stereocenters. The van der Waals surface area contributed by atoms with Crippen molar-refractivity contribution in [3.63, 3.8) is 0 Å². The lowest BCUT2D eigenvalue weighted by Crippen LogP contribution is -2.37. The smallest absolute Gasteiger partial charge is 0.260 e. The van der Waals surface area contributed by atoms with Crippen LogP contribution in [-0.2, 0) is 4.79 Å². The summed E-state index contributed by atoms with van der Waals surface area (Å²) in [5.41, 5.74) is 3.77. The molecule has 0 spiro atoms. The second-order valence-corrected chi connectivity index (χ2v) is 6.23. The van der Waals surface area contributed by atoms with Crippen molar-refractivity contribution in [2.24, 2.45) is 0 Å². The summed E-state index contributed by atoms with van der Waals surface area (Å²) in [6.07, 6.45) is 7.77. The Morgan fingerprint density at radius 2 is 1.95 bits per heavy atom. The van der Waals surface area contributed by atoms with E-state index in [1.165, 1.54) is 31.3 Å².